The Morgan fingerprint density at radius 1 is 1.20 bits per heavy atom. The third-order valence-electron chi connectivity index (χ3n) is 3.48. The number of nitrogens with two attached hydrogens (primary N) is 1. The maximum Gasteiger partial charge on any atom is 0.162 e. The molecule has 0 aliphatic heterocycles. The zero-order valence-electron chi connectivity index (χ0n) is 11.0. The van der Waals surface area contributed by atoms with Crippen LogP contribution in [-0.4, -0.2) is 20.2 Å². The fourth-order valence-electron chi connectivity index (χ4n) is 2.35. The van der Waals surface area contributed by atoms with Crippen LogP contribution in [0.5, 0.6) is 0 Å². The van der Waals surface area contributed by atoms with Gasteiger partial charge in [0.1, 0.15) is 5.82 Å². The molecule has 102 valence electrons. The van der Waals surface area contributed by atoms with Gasteiger partial charge in [-0.1, -0.05) is 6.08 Å². The smallest absolute Gasteiger partial charge is 0.162 e. The van der Waals surface area contributed by atoms with Gasteiger partial charge in [-0.2, -0.15) is 12.6 Å². The van der Waals surface area contributed by atoms with Crippen LogP contribution in [0.1, 0.15) is 24.8 Å². The fourth-order valence-corrected chi connectivity index (χ4v) is 2.59. The monoisotopic (exact) mass is 284 g/mol. The number of allylic oxidation sites excluding steroid dienone is 2. The van der Waals surface area contributed by atoms with Gasteiger partial charge >= 0.3 is 0 Å². The van der Waals surface area contributed by atoms with E-state index in [0.717, 1.165) is 30.4 Å². The molecule has 0 amide bonds. The molecule has 0 bridgehead atoms. The van der Waals surface area contributed by atoms with Crippen LogP contribution in [0.3, 0.4) is 0 Å². The average Bonchev–Trinajstić information content (AvgIpc) is 2.50. The van der Waals surface area contributed by atoms with E-state index in [1.54, 1.807) is 18.5 Å². The first kappa shape index (κ1) is 13.1. The normalized spacial score (nSPS) is 18.6. The van der Waals surface area contributed by atoms with Crippen LogP contribution in [0.15, 0.2) is 36.8 Å². The Balaban J connectivity index is 1.99. The number of rotatable bonds is 2. The summed E-state index contributed by atoms with van der Waals surface area (Å²) in [5, 5.41) is 0.470. The quantitative estimate of drug-likeness (QED) is 0.832. The third kappa shape index (κ3) is 2.67. The van der Waals surface area contributed by atoms with Gasteiger partial charge in [0.15, 0.2) is 5.82 Å². The lowest BCUT2D eigenvalue weighted by molar-refractivity contribution is 0.765. The molecule has 2 aromatic heterocycles. The minimum Gasteiger partial charge on any atom is -0.383 e. The summed E-state index contributed by atoms with van der Waals surface area (Å²) in [6.07, 6.45) is 10.6. The number of thiol groups is 1. The van der Waals surface area contributed by atoms with Crippen LogP contribution in [0.25, 0.3) is 17.0 Å². The minimum absolute atomic E-state index is 0.462. The summed E-state index contributed by atoms with van der Waals surface area (Å²) in [5.74, 6) is 1.08. The lowest BCUT2D eigenvalue weighted by Gasteiger charge is -2.18. The van der Waals surface area contributed by atoms with Crippen molar-refractivity contribution in [3.63, 3.8) is 0 Å². The molecule has 5 heteroatoms. The third-order valence-corrected chi connectivity index (χ3v) is 3.95. The van der Waals surface area contributed by atoms with Crippen molar-refractivity contribution in [3.05, 3.63) is 42.4 Å². The molecule has 1 aliphatic rings. The highest BCUT2D eigenvalue weighted by atomic mass is 32.1. The molecule has 1 aliphatic carbocycles. The summed E-state index contributed by atoms with van der Waals surface area (Å²) in [4.78, 5) is 12.8. The van der Waals surface area contributed by atoms with Gasteiger partial charge in [0.25, 0.3) is 0 Å². The molecule has 4 nitrogen and oxygen atoms in total. The molecule has 0 aromatic carbocycles. The summed E-state index contributed by atoms with van der Waals surface area (Å²) in [5.41, 5.74) is 9.14. The second kappa shape index (κ2) is 5.63. The molecule has 1 atom stereocenters. The first-order chi connectivity index (χ1) is 9.74. The Morgan fingerprint density at radius 3 is 2.70 bits per heavy atom. The Morgan fingerprint density at radius 2 is 2.00 bits per heavy atom. The van der Waals surface area contributed by atoms with Gasteiger partial charge in [-0.25, -0.2) is 15.0 Å². The first-order valence-corrected chi connectivity index (χ1v) is 7.16. The zero-order valence-corrected chi connectivity index (χ0v) is 11.9. The SMILES string of the molecule is Nc1ncc(C2=CCC(S)CC2)cc1-c1ncccn1. The Labute approximate surface area is 123 Å². The van der Waals surface area contributed by atoms with Crippen molar-refractivity contribution in [2.45, 2.75) is 24.5 Å². The van der Waals surface area contributed by atoms with Crippen LogP contribution in [0.4, 0.5) is 5.82 Å². The second-order valence-corrected chi connectivity index (χ2v) is 5.62. The zero-order chi connectivity index (χ0) is 13.9. The van der Waals surface area contributed by atoms with E-state index in [2.05, 4.69) is 33.7 Å². The van der Waals surface area contributed by atoms with Crippen LogP contribution in [-0.2, 0) is 0 Å². The van der Waals surface area contributed by atoms with Gasteiger partial charge in [-0.05, 0) is 42.5 Å². The molecule has 2 N–H and O–H groups in total. The molecule has 0 radical (unpaired) electrons. The predicted octanol–water partition coefficient (Wildman–Crippen LogP) is 2.99. The summed E-state index contributed by atoms with van der Waals surface area (Å²) in [7, 11) is 0. The van der Waals surface area contributed by atoms with Crippen LogP contribution in [0.2, 0.25) is 0 Å². The van der Waals surface area contributed by atoms with E-state index in [-0.39, 0.29) is 0 Å². The number of pyridine rings is 1. The van der Waals surface area contributed by atoms with Crippen molar-refractivity contribution < 1.29 is 0 Å². The number of anilines is 1. The summed E-state index contributed by atoms with van der Waals surface area (Å²) in [6.45, 7) is 0. The Kier molecular flexibility index (Phi) is 3.69. The molecule has 2 heterocycles. The van der Waals surface area contributed by atoms with E-state index in [0.29, 0.717) is 16.9 Å². The van der Waals surface area contributed by atoms with Crippen molar-refractivity contribution in [3.8, 4) is 11.4 Å². The van der Waals surface area contributed by atoms with E-state index in [9.17, 15) is 0 Å². The van der Waals surface area contributed by atoms with Crippen molar-refractivity contribution in [2.24, 2.45) is 0 Å². The molecule has 20 heavy (non-hydrogen) atoms. The van der Waals surface area contributed by atoms with E-state index in [1.807, 2.05) is 12.3 Å². The van der Waals surface area contributed by atoms with Crippen LogP contribution < -0.4 is 5.73 Å². The van der Waals surface area contributed by atoms with Gasteiger partial charge in [0, 0.05) is 23.8 Å². The Hall–Kier alpha value is -1.88. The molecule has 1 unspecified atom stereocenters. The van der Waals surface area contributed by atoms with Crippen molar-refractivity contribution in [1.82, 2.24) is 15.0 Å². The summed E-state index contributed by atoms with van der Waals surface area (Å²) in [6, 6.07) is 3.82. The number of aromatic nitrogens is 3. The van der Waals surface area contributed by atoms with Crippen LogP contribution >= 0.6 is 12.6 Å². The maximum atomic E-state index is 5.95. The van der Waals surface area contributed by atoms with Crippen molar-refractivity contribution in [2.75, 3.05) is 5.73 Å². The van der Waals surface area contributed by atoms with Crippen LogP contribution in [0, 0.1) is 0 Å². The van der Waals surface area contributed by atoms with E-state index in [4.69, 9.17) is 5.73 Å². The molecular weight excluding hydrogens is 268 g/mol. The summed E-state index contributed by atoms with van der Waals surface area (Å²) >= 11 is 4.51. The topological polar surface area (TPSA) is 64.7 Å². The Bertz CT molecular complexity index is 640. The predicted molar refractivity (Wildman–Crippen MR) is 84.3 cm³/mol. The number of nitrogen functional groups attached to an aromatic ring is 1. The standard InChI is InChI=1S/C15H16N4S/c16-14-13(15-17-6-1-7-18-15)8-11(9-19-14)10-2-4-12(20)5-3-10/h1-2,6-9,12,20H,3-5H2,(H2,16,19). The molecule has 0 spiro atoms. The fraction of sp³-hybridized carbons (Fsp3) is 0.267. The van der Waals surface area contributed by atoms with Gasteiger partial charge in [0.2, 0.25) is 0 Å². The first-order valence-electron chi connectivity index (χ1n) is 6.64. The van der Waals surface area contributed by atoms with Crippen molar-refractivity contribution >= 4 is 24.0 Å². The van der Waals surface area contributed by atoms with Gasteiger partial charge < -0.3 is 5.73 Å². The van der Waals surface area contributed by atoms with Gasteiger partial charge in [-0.3, -0.25) is 0 Å². The van der Waals surface area contributed by atoms with Gasteiger partial charge in [0.05, 0.1) is 5.56 Å². The molecule has 2 aromatic rings. The highest BCUT2D eigenvalue weighted by molar-refractivity contribution is 7.80. The lowest BCUT2D eigenvalue weighted by atomic mass is 9.93. The largest absolute Gasteiger partial charge is 0.383 e. The molecule has 3 rings (SSSR count). The molecule has 0 saturated carbocycles. The van der Waals surface area contributed by atoms with Gasteiger partial charge in [-0.15, -0.1) is 0 Å². The lowest BCUT2D eigenvalue weighted by Crippen LogP contribution is -2.05. The maximum absolute atomic E-state index is 5.95. The van der Waals surface area contributed by atoms with E-state index >= 15 is 0 Å². The molecule has 0 saturated heterocycles. The van der Waals surface area contributed by atoms with E-state index in [1.165, 1.54) is 5.57 Å². The highest BCUT2D eigenvalue weighted by Gasteiger charge is 2.14. The number of hydrogen-bond donors (Lipinski definition) is 2. The molecular formula is C15H16N4S. The van der Waals surface area contributed by atoms with E-state index < -0.39 is 0 Å². The minimum atomic E-state index is 0.462. The number of hydrogen-bond acceptors (Lipinski definition) is 5. The average molecular weight is 284 g/mol. The number of nitrogens with zero attached hydrogens (tertiary/aromatic N) is 3. The second-order valence-electron chi connectivity index (χ2n) is 4.89. The summed E-state index contributed by atoms with van der Waals surface area (Å²) < 4.78 is 0. The molecule has 0 fully saturated rings. The highest BCUT2D eigenvalue weighted by Crippen LogP contribution is 2.31. The van der Waals surface area contributed by atoms with Crippen molar-refractivity contribution in [1.29, 1.82) is 0 Å².